The topological polar surface area (TPSA) is 75.4 Å². The molecule has 0 saturated heterocycles. The Hall–Kier alpha value is -1.62. The quantitative estimate of drug-likeness (QED) is 0.610. The highest BCUT2D eigenvalue weighted by atomic mass is 16.6. The van der Waals surface area contributed by atoms with Gasteiger partial charge in [-0.05, 0) is 33.3 Å². The second kappa shape index (κ2) is 5.14. The molecule has 0 atom stereocenters. The van der Waals surface area contributed by atoms with Crippen LogP contribution in [0, 0.1) is 17.0 Å². The Balaban J connectivity index is 2.72. The number of hydrogen-bond donors (Lipinski definition) is 2. The van der Waals surface area contributed by atoms with E-state index in [1.165, 1.54) is 6.07 Å². The van der Waals surface area contributed by atoms with E-state index in [9.17, 15) is 15.2 Å². The van der Waals surface area contributed by atoms with Crippen LogP contribution in [0.3, 0.4) is 0 Å². The maximum atomic E-state index is 10.7. The third kappa shape index (κ3) is 4.03. The minimum atomic E-state index is -0.735. The smallest absolute Gasteiger partial charge is 0.274 e. The van der Waals surface area contributed by atoms with Crippen LogP contribution in [0.15, 0.2) is 18.2 Å². The van der Waals surface area contributed by atoms with E-state index < -0.39 is 10.5 Å². The molecule has 0 saturated carbocycles. The molecule has 0 spiro atoms. The normalized spacial score (nSPS) is 11.3. The van der Waals surface area contributed by atoms with Crippen molar-refractivity contribution in [1.29, 1.82) is 0 Å². The molecule has 17 heavy (non-hydrogen) atoms. The van der Waals surface area contributed by atoms with E-state index in [4.69, 9.17) is 0 Å². The van der Waals surface area contributed by atoms with Gasteiger partial charge in [-0.2, -0.15) is 0 Å². The van der Waals surface area contributed by atoms with E-state index in [0.717, 1.165) is 5.69 Å². The standard InChI is InChI=1S/C12H18N2O3/c1-9-10(13-8-7-12(2,3)15)5-4-6-11(9)14(16)17/h4-6,13,15H,7-8H2,1-3H3. The third-order valence-electron chi connectivity index (χ3n) is 2.55. The van der Waals surface area contributed by atoms with Crippen LogP contribution in [-0.4, -0.2) is 22.2 Å². The van der Waals surface area contributed by atoms with Gasteiger partial charge in [-0.3, -0.25) is 10.1 Å². The molecular formula is C12H18N2O3. The van der Waals surface area contributed by atoms with Gasteiger partial charge in [-0.15, -0.1) is 0 Å². The van der Waals surface area contributed by atoms with E-state index >= 15 is 0 Å². The van der Waals surface area contributed by atoms with E-state index in [0.29, 0.717) is 18.5 Å². The monoisotopic (exact) mass is 238 g/mol. The lowest BCUT2D eigenvalue weighted by Gasteiger charge is -2.18. The van der Waals surface area contributed by atoms with Gasteiger partial charge in [-0.25, -0.2) is 0 Å². The Morgan fingerprint density at radius 3 is 2.65 bits per heavy atom. The van der Waals surface area contributed by atoms with Gasteiger partial charge in [0.1, 0.15) is 0 Å². The molecule has 0 aliphatic heterocycles. The van der Waals surface area contributed by atoms with Crippen molar-refractivity contribution in [3.05, 3.63) is 33.9 Å². The molecule has 2 N–H and O–H groups in total. The number of nitro benzene ring substituents is 1. The molecule has 5 heteroatoms. The number of rotatable bonds is 5. The maximum absolute atomic E-state index is 10.7. The zero-order valence-electron chi connectivity index (χ0n) is 10.4. The first-order chi connectivity index (χ1) is 7.81. The van der Waals surface area contributed by atoms with Crippen molar-refractivity contribution in [3.63, 3.8) is 0 Å². The number of aliphatic hydroxyl groups is 1. The van der Waals surface area contributed by atoms with Gasteiger partial charge >= 0.3 is 0 Å². The Morgan fingerprint density at radius 1 is 1.47 bits per heavy atom. The van der Waals surface area contributed by atoms with E-state index in [1.54, 1.807) is 32.9 Å². The highest BCUT2D eigenvalue weighted by Gasteiger charge is 2.14. The molecule has 94 valence electrons. The van der Waals surface area contributed by atoms with Gasteiger partial charge in [0.2, 0.25) is 0 Å². The molecular weight excluding hydrogens is 220 g/mol. The molecule has 1 rings (SSSR count). The average Bonchev–Trinajstić information content (AvgIpc) is 2.18. The van der Waals surface area contributed by atoms with Crippen LogP contribution < -0.4 is 5.32 Å². The Morgan fingerprint density at radius 2 is 2.12 bits per heavy atom. The molecule has 0 bridgehead atoms. The summed E-state index contributed by atoms with van der Waals surface area (Å²) in [5.41, 5.74) is 0.733. The summed E-state index contributed by atoms with van der Waals surface area (Å²) < 4.78 is 0. The van der Waals surface area contributed by atoms with Crippen molar-refractivity contribution in [2.75, 3.05) is 11.9 Å². The molecule has 1 aromatic carbocycles. The minimum Gasteiger partial charge on any atom is -0.390 e. The Bertz CT molecular complexity index is 411. The number of hydrogen-bond acceptors (Lipinski definition) is 4. The number of nitrogens with one attached hydrogen (secondary N) is 1. The molecule has 0 fully saturated rings. The fourth-order valence-corrected chi connectivity index (χ4v) is 1.52. The predicted molar refractivity (Wildman–Crippen MR) is 67.2 cm³/mol. The van der Waals surface area contributed by atoms with Gasteiger partial charge < -0.3 is 10.4 Å². The second-order valence-corrected chi connectivity index (χ2v) is 4.70. The minimum absolute atomic E-state index is 0.109. The van der Waals surface area contributed by atoms with Gasteiger partial charge in [0, 0.05) is 23.9 Å². The van der Waals surface area contributed by atoms with Crippen molar-refractivity contribution >= 4 is 11.4 Å². The lowest BCUT2D eigenvalue weighted by molar-refractivity contribution is -0.385. The SMILES string of the molecule is Cc1c(NCCC(C)(C)O)cccc1[N+](=O)[O-]. The first-order valence-corrected chi connectivity index (χ1v) is 5.51. The summed E-state index contributed by atoms with van der Waals surface area (Å²) in [7, 11) is 0. The lowest BCUT2D eigenvalue weighted by Crippen LogP contribution is -2.22. The van der Waals surface area contributed by atoms with Gasteiger partial charge in [0.25, 0.3) is 5.69 Å². The fourth-order valence-electron chi connectivity index (χ4n) is 1.52. The molecule has 0 aliphatic rings. The van der Waals surface area contributed by atoms with Crippen molar-refractivity contribution in [1.82, 2.24) is 0 Å². The van der Waals surface area contributed by atoms with Crippen molar-refractivity contribution < 1.29 is 10.0 Å². The van der Waals surface area contributed by atoms with Crippen molar-refractivity contribution in [2.45, 2.75) is 32.8 Å². The summed E-state index contributed by atoms with van der Waals surface area (Å²) >= 11 is 0. The van der Waals surface area contributed by atoms with Gasteiger partial charge in [0.15, 0.2) is 0 Å². The van der Waals surface area contributed by atoms with Gasteiger partial charge in [-0.1, -0.05) is 6.07 Å². The van der Waals surface area contributed by atoms with Crippen LogP contribution >= 0.6 is 0 Å². The van der Waals surface area contributed by atoms with E-state index in [1.807, 2.05) is 0 Å². The van der Waals surface area contributed by atoms with E-state index in [-0.39, 0.29) is 5.69 Å². The Kier molecular flexibility index (Phi) is 4.07. The first kappa shape index (κ1) is 13.4. The maximum Gasteiger partial charge on any atom is 0.274 e. The summed E-state index contributed by atoms with van der Waals surface area (Å²) in [4.78, 5) is 10.4. The second-order valence-electron chi connectivity index (χ2n) is 4.70. The molecule has 0 amide bonds. The summed E-state index contributed by atoms with van der Waals surface area (Å²) in [6.45, 7) is 5.75. The predicted octanol–water partition coefficient (Wildman–Crippen LogP) is 2.48. The lowest BCUT2D eigenvalue weighted by atomic mass is 10.1. The van der Waals surface area contributed by atoms with Crippen molar-refractivity contribution in [2.24, 2.45) is 0 Å². The first-order valence-electron chi connectivity index (χ1n) is 5.51. The van der Waals surface area contributed by atoms with Gasteiger partial charge in [0.05, 0.1) is 10.5 Å². The summed E-state index contributed by atoms with van der Waals surface area (Å²) in [5.74, 6) is 0. The average molecular weight is 238 g/mol. The summed E-state index contributed by atoms with van der Waals surface area (Å²) in [5, 5.41) is 23.4. The van der Waals surface area contributed by atoms with Crippen LogP contribution in [-0.2, 0) is 0 Å². The molecule has 0 unspecified atom stereocenters. The molecule has 0 aliphatic carbocycles. The number of anilines is 1. The fraction of sp³-hybridized carbons (Fsp3) is 0.500. The van der Waals surface area contributed by atoms with Crippen LogP contribution in [0.25, 0.3) is 0 Å². The molecule has 0 radical (unpaired) electrons. The van der Waals surface area contributed by atoms with Crippen molar-refractivity contribution in [3.8, 4) is 0 Å². The van der Waals surface area contributed by atoms with Crippen LogP contribution in [0.4, 0.5) is 11.4 Å². The molecule has 0 aromatic heterocycles. The summed E-state index contributed by atoms with van der Waals surface area (Å²) in [6, 6.07) is 4.93. The largest absolute Gasteiger partial charge is 0.390 e. The van der Waals surface area contributed by atoms with Crippen LogP contribution in [0.2, 0.25) is 0 Å². The number of benzene rings is 1. The van der Waals surface area contributed by atoms with Crippen LogP contribution in [0.1, 0.15) is 25.8 Å². The van der Waals surface area contributed by atoms with Crippen LogP contribution in [0.5, 0.6) is 0 Å². The highest BCUT2D eigenvalue weighted by Crippen LogP contribution is 2.25. The summed E-state index contributed by atoms with van der Waals surface area (Å²) in [6.07, 6.45) is 0.579. The molecule has 1 aromatic rings. The Labute approximate surface area is 101 Å². The zero-order valence-corrected chi connectivity index (χ0v) is 10.4. The highest BCUT2D eigenvalue weighted by molar-refractivity contribution is 5.59. The number of nitrogens with zero attached hydrogens (tertiary/aromatic N) is 1. The molecule has 0 heterocycles. The van der Waals surface area contributed by atoms with E-state index in [2.05, 4.69) is 5.32 Å². The molecule has 5 nitrogen and oxygen atoms in total. The number of nitro groups is 1. The zero-order chi connectivity index (χ0) is 13.1. The third-order valence-corrected chi connectivity index (χ3v) is 2.55.